The normalized spacial score (nSPS) is 18.6. The number of hydrogen-bond donors (Lipinski definition) is 1. The lowest BCUT2D eigenvalue weighted by Gasteiger charge is -2.18. The Hall–Kier alpha value is -1.97. The molecular weight excluding hydrogens is 360 g/mol. The van der Waals surface area contributed by atoms with Crippen molar-refractivity contribution in [3.63, 3.8) is 0 Å². The molecule has 1 aromatic carbocycles. The molecule has 0 spiro atoms. The van der Waals surface area contributed by atoms with Crippen molar-refractivity contribution in [2.45, 2.75) is 43.8 Å². The second-order valence-electron chi connectivity index (χ2n) is 6.33. The Bertz CT molecular complexity index is 784. The van der Waals surface area contributed by atoms with E-state index in [0.717, 1.165) is 10.7 Å². The van der Waals surface area contributed by atoms with Gasteiger partial charge < -0.3 is 14.8 Å². The summed E-state index contributed by atoms with van der Waals surface area (Å²) in [4.78, 5) is 24.3. The van der Waals surface area contributed by atoms with Gasteiger partial charge in [0.15, 0.2) is 12.2 Å². The maximum Gasteiger partial charge on any atom is 0.336 e. The molecule has 2 atom stereocenters. The van der Waals surface area contributed by atoms with Gasteiger partial charge in [-0.1, -0.05) is 6.07 Å². The second kappa shape index (κ2) is 8.15. The van der Waals surface area contributed by atoms with Crippen molar-refractivity contribution in [3.8, 4) is 0 Å². The first kappa shape index (κ1) is 20.3. The maximum absolute atomic E-state index is 12.3. The van der Waals surface area contributed by atoms with Crippen molar-refractivity contribution in [1.82, 2.24) is 4.31 Å². The summed E-state index contributed by atoms with van der Waals surface area (Å²) in [6.45, 7) is 3.70. The smallest absolute Gasteiger partial charge is 0.336 e. The number of nitrogens with zero attached hydrogens (tertiary/aromatic N) is 1. The van der Waals surface area contributed by atoms with Gasteiger partial charge in [0.05, 0.1) is 4.90 Å². The van der Waals surface area contributed by atoms with Crippen molar-refractivity contribution >= 4 is 27.6 Å². The van der Waals surface area contributed by atoms with Crippen LogP contribution >= 0.6 is 0 Å². The number of anilines is 1. The minimum atomic E-state index is -3.62. The van der Waals surface area contributed by atoms with Crippen LogP contribution in [0.2, 0.25) is 0 Å². The van der Waals surface area contributed by atoms with Crippen LogP contribution in [-0.2, 0) is 29.1 Å². The molecule has 1 fully saturated rings. The van der Waals surface area contributed by atoms with Gasteiger partial charge in [-0.15, -0.1) is 0 Å². The van der Waals surface area contributed by atoms with Gasteiger partial charge in [0, 0.05) is 26.4 Å². The minimum Gasteiger partial charge on any atom is -0.451 e. The summed E-state index contributed by atoms with van der Waals surface area (Å²) >= 11 is 0. The summed E-state index contributed by atoms with van der Waals surface area (Å²) in [6, 6.07) is 4.47. The number of rotatable bonds is 6. The lowest BCUT2D eigenvalue weighted by molar-refractivity contribution is -0.162. The van der Waals surface area contributed by atoms with E-state index in [4.69, 9.17) is 9.47 Å². The van der Waals surface area contributed by atoms with Crippen LogP contribution in [0.4, 0.5) is 5.69 Å². The van der Waals surface area contributed by atoms with Gasteiger partial charge in [0.25, 0.3) is 5.91 Å². The average molecular weight is 384 g/mol. The van der Waals surface area contributed by atoms with Gasteiger partial charge in [-0.05, 0) is 44.4 Å². The van der Waals surface area contributed by atoms with Crippen LogP contribution in [0.5, 0.6) is 0 Å². The largest absolute Gasteiger partial charge is 0.451 e. The first-order chi connectivity index (χ1) is 12.1. The molecule has 0 saturated carbocycles. The third-order valence-electron chi connectivity index (χ3n) is 4.10. The molecule has 8 nitrogen and oxygen atoms in total. The summed E-state index contributed by atoms with van der Waals surface area (Å²) in [5.41, 5.74) is 1.03. The van der Waals surface area contributed by atoms with Crippen LogP contribution in [0.1, 0.15) is 25.3 Å². The van der Waals surface area contributed by atoms with Crippen LogP contribution in [0.15, 0.2) is 23.1 Å². The monoisotopic (exact) mass is 384 g/mol. The number of carbonyl (C=O) groups is 2. The lowest BCUT2D eigenvalue weighted by atomic mass is 10.2. The van der Waals surface area contributed by atoms with Crippen LogP contribution < -0.4 is 5.32 Å². The van der Waals surface area contributed by atoms with E-state index >= 15 is 0 Å². The molecule has 2 rings (SSSR count). The Morgan fingerprint density at radius 3 is 2.62 bits per heavy atom. The quantitative estimate of drug-likeness (QED) is 0.742. The van der Waals surface area contributed by atoms with Crippen molar-refractivity contribution in [3.05, 3.63) is 23.8 Å². The number of esters is 1. The van der Waals surface area contributed by atoms with E-state index in [1.807, 2.05) is 0 Å². The molecular formula is C17H24N2O6S. The molecule has 1 aliphatic heterocycles. The molecule has 0 aromatic heterocycles. The topological polar surface area (TPSA) is 102 Å². The molecule has 1 aromatic rings. The van der Waals surface area contributed by atoms with E-state index in [-0.39, 0.29) is 4.90 Å². The highest BCUT2D eigenvalue weighted by atomic mass is 32.2. The number of aryl methyl sites for hydroxylation is 1. The SMILES string of the molecule is Cc1ccc(S(=O)(=O)N(C)C)cc1NC(=O)C(C)OC(=O)C1CCCO1. The zero-order chi connectivity index (χ0) is 19.5. The molecule has 9 heteroatoms. The third kappa shape index (κ3) is 4.60. The summed E-state index contributed by atoms with van der Waals surface area (Å²) in [5, 5.41) is 2.62. The highest BCUT2D eigenvalue weighted by Gasteiger charge is 2.28. The third-order valence-corrected chi connectivity index (χ3v) is 5.91. The van der Waals surface area contributed by atoms with Crippen LogP contribution in [0.3, 0.4) is 0 Å². The Morgan fingerprint density at radius 1 is 1.35 bits per heavy atom. The van der Waals surface area contributed by atoms with Gasteiger partial charge in [-0.2, -0.15) is 0 Å². The molecule has 144 valence electrons. The molecule has 1 aliphatic rings. The fraction of sp³-hybridized carbons (Fsp3) is 0.529. The Labute approximate surface area is 153 Å². The van der Waals surface area contributed by atoms with E-state index in [1.54, 1.807) is 13.0 Å². The Morgan fingerprint density at radius 2 is 2.04 bits per heavy atom. The van der Waals surface area contributed by atoms with Gasteiger partial charge in [-0.3, -0.25) is 4.79 Å². The van der Waals surface area contributed by atoms with E-state index in [9.17, 15) is 18.0 Å². The zero-order valence-corrected chi connectivity index (χ0v) is 16.1. The number of benzene rings is 1. The van der Waals surface area contributed by atoms with E-state index in [2.05, 4.69) is 5.32 Å². The van der Waals surface area contributed by atoms with Crippen LogP contribution in [-0.4, -0.2) is 57.5 Å². The van der Waals surface area contributed by atoms with Crippen molar-refractivity contribution in [2.24, 2.45) is 0 Å². The van der Waals surface area contributed by atoms with E-state index < -0.39 is 34.1 Å². The predicted molar refractivity (Wildman–Crippen MR) is 95.2 cm³/mol. The molecule has 1 heterocycles. The fourth-order valence-corrected chi connectivity index (χ4v) is 3.34. The molecule has 0 radical (unpaired) electrons. The first-order valence-corrected chi connectivity index (χ1v) is 9.73. The zero-order valence-electron chi connectivity index (χ0n) is 15.3. The summed E-state index contributed by atoms with van der Waals surface area (Å²) < 4.78 is 35.9. The van der Waals surface area contributed by atoms with Crippen molar-refractivity contribution in [2.75, 3.05) is 26.0 Å². The van der Waals surface area contributed by atoms with E-state index in [1.165, 1.54) is 33.2 Å². The van der Waals surface area contributed by atoms with Crippen LogP contribution in [0, 0.1) is 6.92 Å². The van der Waals surface area contributed by atoms with Gasteiger partial charge >= 0.3 is 5.97 Å². The standard InChI is InChI=1S/C17H24N2O6S/c1-11-7-8-13(26(22,23)19(3)4)10-14(11)18-16(20)12(2)25-17(21)15-6-5-9-24-15/h7-8,10,12,15H,5-6,9H2,1-4H3,(H,18,20). The molecule has 0 bridgehead atoms. The predicted octanol–water partition coefficient (Wildman–Crippen LogP) is 1.29. The minimum absolute atomic E-state index is 0.0624. The highest BCUT2D eigenvalue weighted by Crippen LogP contribution is 2.22. The fourth-order valence-electron chi connectivity index (χ4n) is 2.41. The average Bonchev–Trinajstić information content (AvgIpc) is 3.11. The molecule has 1 N–H and O–H groups in total. The summed E-state index contributed by atoms with van der Waals surface area (Å²) in [7, 11) is -0.761. The number of hydrogen-bond acceptors (Lipinski definition) is 6. The Balaban J connectivity index is 2.09. The van der Waals surface area contributed by atoms with Crippen molar-refractivity contribution < 1.29 is 27.5 Å². The van der Waals surface area contributed by atoms with Crippen molar-refractivity contribution in [1.29, 1.82) is 0 Å². The number of carbonyl (C=O) groups excluding carboxylic acids is 2. The molecule has 26 heavy (non-hydrogen) atoms. The molecule has 0 aliphatic carbocycles. The molecule has 1 saturated heterocycles. The first-order valence-electron chi connectivity index (χ1n) is 8.29. The van der Waals surface area contributed by atoms with Gasteiger partial charge in [-0.25, -0.2) is 17.5 Å². The molecule has 1 amide bonds. The van der Waals surface area contributed by atoms with E-state index in [0.29, 0.717) is 24.3 Å². The second-order valence-corrected chi connectivity index (χ2v) is 8.49. The highest BCUT2D eigenvalue weighted by molar-refractivity contribution is 7.89. The molecule has 2 unspecified atom stereocenters. The van der Waals surface area contributed by atoms with Gasteiger partial charge in [0.2, 0.25) is 10.0 Å². The Kier molecular flexibility index (Phi) is 6.38. The van der Waals surface area contributed by atoms with Gasteiger partial charge in [0.1, 0.15) is 0 Å². The number of amides is 1. The summed E-state index contributed by atoms with van der Waals surface area (Å²) in [5.74, 6) is -1.11. The number of sulfonamides is 1. The number of ether oxygens (including phenoxy) is 2. The maximum atomic E-state index is 12.3. The van der Waals surface area contributed by atoms with Crippen LogP contribution in [0.25, 0.3) is 0 Å². The lowest BCUT2D eigenvalue weighted by Crippen LogP contribution is -2.34. The number of nitrogens with one attached hydrogen (secondary N) is 1. The summed E-state index contributed by atoms with van der Waals surface area (Å²) in [6.07, 6.45) is -0.288.